The number of pyridine rings is 1. The summed E-state index contributed by atoms with van der Waals surface area (Å²) in [5.41, 5.74) is 4.76. The third-order valence-electron chi connectivity index (χ3n) is 6.53. The maximum Gasteiger partial charge on any atom is 0.138 e. The molecule has 2 aromatic heterocycles. The molecule has 4 aromatic rings. The van der Waals surface area contributed by atoms with Crippen molar-refractivity contribution in [3.8, 4) is 11.1 Å². The minimum atomic E-state index is -0.759. The molecule has 192 valence electrons. The Morgan fingerprint density at radius 3 is 2.57 bits per heavy atom. The van der Waals surface area contributed by atoms with Gasteiger partial charge in [-0.1, -0.05) is 6.08 Å². The molecule has 5 rings (SSSR count). The first-order valence-electron chi connectivity index (χ1n) is 12.1. The Morgan fingerprint density at radius 2 is 1.84 bits per heavy atom. The molecule has 0 spiro atoms. The number of aliphatic hydroxyl groups excluding tert-OH is 2. The molecule has 1 unspecified atom stereocenters. The van der Waals surface area contributed by atoms with Gasteiger partial charge in [0.25, 0.3) is 0 Å². The molecule has 1 atom stereocenters. The van der Waals surface area contributed by atoms with Crippen LogP contribution in [0, 0.1) is 17.5 Å². The number of H-pyrrole nitrogens is 1. The molecule has 0 aliphatic carbocycles. The SMILES string of the molecule is OCC(O)CN1CC=C(c2cc3c(-c4cc(NCc5cc(F)cc(F)c5)ccc4F)ccnc3[nH]2)CC1. The minimum Gasteiger partial charge on any atom is -0.394 e. The summed E-state index contributed by atoms with van der Waals surface area (Å²) in [4.78, 5) is 9.84. The van der Waals surface area contributed by atoms with E-state index in [1.165, 1.54) is 18.2 Å². The number of β-amino-alcohol motifs (C(OH)–C–C–N with tert-alkyl or cyclic N) is 1. The van der Waals surface area contributed by atoms with Gasteiger partial charge < -0.3 is 20.5 Å². The van der Waals surface area contributed by atoms with E-state index in [0.29, 0.717) is 41.1 Å². The summed E-state index contributed by atoms with van der Waals surface area (Å²) >= 11 is 0. The Hall–Kier alpha value is -3.66. The number of rotatable bonds is 8. The number of nitrogens with one attached hydrogen (secondary N) is 2. The molecular weight excluding hydrogens is 481 g/mol. The highest BCUT2D eigenvalue weighted by molar-refractivity contribution is 5.96. The Kier molecular flexibility index (Phi) is 7.27. The third-order valence-corrected chi connectivity index (χ3v) is 6.53. The van der Waals surface area contributed by atoms with Gasteiger partial charge >= 0.3 is 0 Å². The van der Waals surface area contributed by atoms with Gasteiger partial charge in [-0.2, -0.15) is 0 Å². The van der Waals surface area contributed by atoms with Crippen LogP contribution in [0.2, 0.25) is 0 Å². The number of anilines is 1. The predicted octanol–water partition coefficient (Wildman–Crippen LogP) is 4.70. The maximum atomic E-state index is 15.0. The normalized spacial score (nSPS) is 15.1. The van der Waals surface area contributed by atoms with Crippen LogP contribution in [0.1, 0.15) is 17.7 Å². The Labute approximate surface area is 212 Å². The molecule has 1 aliphatic rings. The average Bonchev–Trinajstić information content (AvgIpc) is 3.33. The van der Waals surface area contributed by atoms with E-state index < -0.39 is 23.6 Å². The first kappa shape index (κ1) is 25.0. The van der Waals surface area contributed by atoms with Crippen molar-refractivity contribution in [1.82, 2.24) is 14.9 Å². The topological polar surface area (TPSA) is 84.4 Å². The van der Waals surface area contributed by atoms with E-state index in [4.69, 9.17) is 5.11 Å². The van der Waals surface area contributed by atoms with Crippen LogP contribution in [0.5, 0.6) is 0 Å². The van der Waals surface area contributed by atoms with Gasteiger partial charge in [0.2, 0.25) is 0 Å². The lowest BCUT2D eigenvalue weighted by Gasteiger charge is -2.27. The molecule has 3 heterocycles. The van der Waals surface area contributed by atoms with Crippen LogP contribution in [0.4, 0.5) is 18.9 Å². The lowest BCUT2D eigenvalue weighted by molar-refractivity contribution is 0.0623. The Bertz CT molecular complexity index is 1430. The lowest BCUT2D eigenvalue weighted by atomic mass is 10.0. The Balaban J connectivity index is 1.39. The monoisotopic (exact) mass is 508 g/mol. The van der Waals surface area contributed by atoms with Crippen molar-refractivity contribution in [2.45, 2.75) is 19.1 Å². The molecule has 0 amide bonds. The van der Waals surface area contributed by atoms with Gasteiger partial charge in [0, 0.05) is 60.8 Å². The van der Waals surface area contributed by atoms with Crippen molar-refractivity contribution in [2.24, 2.45) is 0 Å². The van der Waals surface area contributed by atoms with E-state index >= 15 is 0 Å². The molecule has 2 aromatic carbocycles. The van der Waals surface area contributed by atoms with Gasteiger partial charge in [-0.3, -0.25) is 4.90 Å². The number of halogens is 3. The van der Waals surface area contributed by atoms with Gasteiger partial charge in [-0.05, 0) is 65.6 Å². The molecule has 1 aliphatic heterocycles. The van der Waals surface area contributed by atoms with E-state index in [1.807, 2.05) is 6.07 Å². The number of fused-ring (bicyclic) bond motifs is 1. The number of benzene rings is 2. The maximum absolute atomic E-state index is 15.0. The summed E-state index contributed by atoms with van der Waals surface area (Å²) in [5, 5.41) is 22.6. The quantitative estimate of drug-likeness (QED) is 0.277. The van der Waals surface area contributed by atoms with E-state index in [0.717, 1.165) is 35.7 Å². The van der Waals surface area contributed by atoms with Crippen molar-refractivity contribution >= 4 is 22.3 Å². The number of aromatic nitrogens is 2. The second kappa shape index (κ2) is 10.8. The van der Waals surface area contributed by atoms with Crippen LogP contribution in [-0.2, 0) is 6.54 Å². The van der Waals surface area contributed by atoms with Gasteiger partial charge in [0.15, 0.2) is 0 Å². The molecule has 0 fully saturated rings. The third kappa shape index (κ3) is 5.69. The van der Waals surface area contributed by atoms with E-state index in [-0.39, 0.29) is 13.2 Å². The van der Waals surface area contributed by atoms with Gasteiger partial charge in [0.1, 0.15) is 23.1 Å². The molecule has 4 N–H and O–H groups in total. The predicted molar refractivity (Wildman–Crippen MR) is 137 cm³/mol. The van der Waals surface area contributed by atoms with Crippen molar-refractivity contribution < 1.29 is 23.4 Å². The second-order valence-electron chi connectivity index (χ2n) is 9.21. The van der Waals surface area contributed by atoms with Crippen LogP contribution in [0.15, 0.2) is 60.8 Å². The highest BCUT2D eigenvalue weighted by Crippen LogP contribution is 2.34. The summed E-state index contributed by atoms with van der Waals surface area (Å²) in [6, 6.07) is 11.7. The molecule has 0 radical (unpaired) electrons. The number of nitrogens with zero attached hydrogens (tertiary/aromatic N) is 2. The summed E-state index contributed by atoms with van der Waals surface area (Å²) < 4.78 is 42.0. The summed E-state index contributed by atoms with van der Waals surface area (Å²) in [5.74, 6) is -1.70. The van der Waals surface area contributed by atoms with Gasteiger partial charge in [-0.25, -0.2) is 18.2 Å². The highest BCUT2D eigenvalue weighted by Gasteiger charge is 2.19. The minimum absolute atomic E-state index is 0.181. The molecule has 9 heteroatoms. The van der Waals surface area contributed by atoms with Crippen LogP contribution < -0.4 is 5.32 Å². The largest absolute Gasteiger partial charge is 0.394 e. The highest BCUT2D eigenvalue weighted by atomic mass is 19.1. The van der Waals surface area contributed by atoms with Gasteiger partial charge in [-0.15, -0.1) is 0 Å². The molecule has 0 saturated heterocycles. The van der Waals surface area contributed by atoms with Gasteiger partial charge in [0.05, 0.1) is 12.7 Å². The lowest BCUT2D eigenvalue weighted by Crippen LogP contribution is -2.37. The van der Waals surface area contributed by atoms with Crippen LogP contribution >= 0.6 is 0 Å². The second-order valence-corrected chi connectivity index (χ2v) is 9.21. The smallest absolute Gasteiger partial charge is 0.138 e. The summed E-state index contributed by atoms with van der Waals surface area (Å²) in [7, 11) is 0. The van der Waals surface area contributed by atoms with E-state index in [9.17, 15) is 18.3 Å². The first-order chi connectivity index (χ1) is 17.9. The zero-order chi connectivity index (χ0) is 25.9. The first-order valence-corrected chi connectivity index (χ1v) is 12.1. The number of hydrogen-bond donors (Lipinski definition) is 4. The summed E-state index contributed by atoms with van der Waals surface area (Å²) in [6.07, 6.45) is 3.71. The zero-order valence-electron chi connectivity index (χ0n) is 20.0. The molecule has 0 saturated carbocycles. The van der Waals surface area contributed by atoms with Crippen molar-refractivity contribution in [3.05, 3.63) is 89.5 Å². The molecule has 6 nitrogen and oxygen atoms in total. The summed E-state index contributed by atoms with van der Waals surface area (Å²) in [6.45, 7) is 1.73. The molecule has 37 heavy (non-hydrogen) atoms. The molecular formula is C28H27F3N4O2. The van der Waals surface area contributed by atoms with Crippen molar-refractivity contribution in [2.75, 3.05) is 31.6 Å². The Morgan fingerprint density at radius 1 is 1.03 bits per heavy atom. The van der Waals surface area contributed by atoms with E-state index in [2.05, 4.69) is 26.3 Å². The fourth-order valence-electron chi connectivity index (χ4n) is 4.67. The standard InChI is InChI=1S/C28H27F3N4O2/c29-19-9-17(10-20(30)11-19)14-33-21-1-2-26(31)24(12-21)23-3-6-32-28-25(23)13-27(34-28)18-4-7-35(8-5-18)15-22(37)16-36/h1-4,6,9-13,22,33,36-37H,5,7-8,14-16H2,(H,32,34). The molecule has 0 bridgehead atoms. The van der Waals surface area contributed by atoms with E-state index in [1.54, 1.807) is 24.4 Å². The van der Waals surface area contributed by atoms with Crippen LogP contribution in [0.25, 0.3) is 27.7 Å². The number of hydrogen-bond acceptors (Lipinski definition) is 5. The van der Waals surface area contributed by atoms with Crippen molar-refractivity contribution in [1.29, 1.82) is 0 Å². The van der Waals surface area contributed by atoms with Crippen molar-refractivity contribution in [3.63, 3.8) is 0 Å². The average molecular weight is 509 g/mol. The number of aromatic amines is 1. The number of aliphatic hydroxyl groups is 2. The fourth-order valence-corrected chi connectivity index (χ4v) is 4.67. The van der Waals surface area contributed by atoms with Crippen LogP contribution in [-0.4, -0.2) is 57.4 Å². The van der Waals surface area contributed by atoms with Crippen LogP contribution in [0.3, 0.4) is 0 Å². The fraction of sp³-hybridized carbons (Fsp3) is 0.250. The zero-order valence-corrected chi connectivity index (χ0v) is 20.0.